The topological polar surface area (TPSA) is 76.1 Å². The van der Waals surface area contributed by atoms with Crippen molar-refractivity contribution in [2.75, 3.05) is 77.6 Å². The molecule has 35 heavy (non-hydrogen) atoms. The number of hydrogen-bond acceptors (Lipinski definition) is 9. The molecule has 0 bridgehead atoms. The zero-order chi connectivity index (χ0) is 23.9. The van der Waals surface area contributed by atoms with Crippen molar-refractivity contribution in [2.45, 2.75) is 13.0 Å². The molecule has 2 saturated heterocycles. The summed E-state index contributed by atoms with van der Waals surface area (Å²) >= 11 is 0. The van der Waals surface area contributed by atoms with Gasteiger partial charge in [0, 0.05) is 76.2 Å². The van der Waals surface area contributed by atoms with Crippen LogP contribution in [0.1, 0.15) is 12.0 Å². The minimum absolute atomic E-state index is 0.635. The van der Waals surface area contributed by atoms with E-state index in [1.807, 2.05) is 30.6 Å². The van der Waals surface area contributed by atoms with Crippen molar-refractivity contribution in [3.05, 3.63) is 48.5 Å². The largest absolute Gasteiger partial charge is 0.493 e. The Kier molecular flexibility index (Phi) is 7.87. The minimum Gasteiger partial charge on any atom is -0.493 e. The maximum absolute atomic E-state index is 6.11. The van der Waals surface area contributed by atoms with Crippen LogP contribution in [0.15, 0.2) is 43.0 Å². The standard InChI is InChI=1S/C26H34N6O3/c1-33-24-16-22-23(17-25(24)35-13-3-6-30-11-14-34-15-12-30)28-20-29-26(22)32-9-7-31(8-10-32)19-21-4-2-5-27-18-21/h2,4-5,16-18,20H,3,6-15,19H2,1H3. The van der Waals surface area contributed by atoms with Crippen molar-refractivity contribution in [2.24, 2.45) is 0 Å². The van der Waals surface area contributed by atoms with Crippen LogP contribution in [-0.4, -0.2) is 97.5 Å². The minimum atomic E-state index is 0.635. The first kappa shape index (κ1) is 23.7. The van der Waals surface area contributed by atoms with E-state index < -0.39 is 0 Å². The molecule has 0 atom stereocenters. The van der Waals surface area contributed by atoms with Gasteiger partial charge in [-0.05, 0) is 24.1 Å². The van der Waals surface area contributed by atoms with Crippen LogP contribution in [0.5, 0.6) is 11.5 Å². The van der Waals surface area contributed by atoms with Crippen molar-refractivity contribution in [3.8, 4) is 11.5 Å². The molecule has 0 radical (unpaired) electrons. The number of ether oxygens (including phenoxy) is 3. The number of fused-ring (bicyclic) bond motifs is 1. The van der Waals surface area contributed by atoms with Crippen LogP contribution >= 0.6 is 0 Å². The fourth-order valence-electron chi connectivity index (χ4n) is 4.74. The third-order valence-electron chi connectivity index (χ3n) is 6.68. The molecule has 3 aromatic rings. The zero-order valence-electron chi connectivity index (χ0n) is 20.4. The Bertz CT molecular complexity index is 1090. The summed E-state index contributed by atoms with van der Waals surface area (Å²) in [5, 5.41) is 0.991. The summed E-state index contributed by atoms with van der Waals surface area (Å²) in [5.41, 5.74) is 2.12. The number of piperazine rings is 1. The fourth-order valence-corrected chi connectivity index (χ4v) is 4.74. The van der Waals surface area contributed by atoms with E-state index in [0.717, 1.165) is 100 Å². The summed E-state index contributed by atoms with van der Waals surface area (Å²) in [5.74, 6) is 2.40. The first-order valence-corrected chi connectivity index (χ1v) is 12.4. The average molecular weight is 479 g/mol. The van der Waals surface area contributed by atoms with Crippen molar-refractivity contribution in [1.29, 1.82) is 0 Å². The van der Waals surface area contributed by atoms with Gasteiger partial charge in [0.2, 0.25) is 0 Å². The number of morpholine rings is 1. The monoisotopic (exact) mass is 478 g/mol. The third kappa shape index (κ3) is 5.98. The number of hydrogen-bond donors (Lipinski definition) is 0. The summed E-state index contributed by atoms with van der Waals surface area (Å²) in [6, 6.07) is 8.12. The first-order chi connectivity index (χ1) is 17.3. The molecule has 5 rings (SSSR count). The van der Waals surface area contributed by atoms with Crippen LogP contribution in [0.3, 0.4) is 0 Å². The summed E-state index contributed by atoms with van der Waals surface area (Å²) in [6.45, 7) is 9.97. The summed E-state index contributed by atoms with van der Waals surface area (Å²) in [7, 11) is 1.68. The van der Waals surface area contributed by atoms with Crippen molar-refractivity contribution < 1.29 is 14.2 Å². The van der Waals surface area contributed by atoms with E-state index in [1.54, 1.807) is 13.4 Å². The Morgan fingerprint density at radius 2 is 1.83 bits per heavy atom. The lowest BCUT2D eigenvalue weighted by Gasteiger charge is -2.35. The van der Waals surface area contributed by atoms with Crippen molar-refractivity contribution >= 4 is 16.7 Å². The van der Waals surface area contributed by atoms with Crippen LogP contribution in [0.4, 0.5) is 5.82 Å². The van der Waals surface area contributed by atoms with E-state index >= 15 is 0 Å². The Labute approximate surface area is 206 Å². The number of methoxy groups -OCH3 is 1. The quantitative estimate of drug-likeness (QED) is 0.431. The number of pyridine rings is 1. The second kappa shape index (κ2) is 11.6. The molecule has 0 amide bonds. The normalized spacial score (nSPS) is 17.6. The lowest BCUT2D eigenvalue weighted by atomic mass is 10.1. The predicted octanol–water partition coefficient (Wildman–Crippen LogP) is 2.46. The van der Waals surface area contributed by atoms with Crippen LogP contribution < -0.4 is 14.4 Å². The molecular weight excluding hydrogens is 444 g/mol. The van der Waals surface area contributed by atoms with E-state index in [0.29, 0.717) is 6.61 Å². The molecule has 0 aliphatic carbocycles. The SMILES string of the molecule is COc1cc2c(N3CCN(Cc4cccnc4)CC3)ncnc2cc1OCCCN1CCOCC1. The van der Waals surface area contributed by atoms with Crippen molar-refractivity contribution in [1.82, 2.24) is 24.8 Å². The molecule has 9 nitrogen and oxygen atoms in total. The second-order valence-corrected chi connectivity index (χ2v) is 9.00. The third-order valence-corrected chi connectivity index (χ3v) is 6.68. The molecule has 0 spiro atoms. The first-order valence-electron chi connectivity index (χ1n) is 12.4. The smallest absolute Gasteiger partial charge is 0.163 e. The second-order valence-electron chi connectivity index (χ2n) is 9.00. The van der Waals surface area contributed by atoms with Gasteiger partial charge in [-0.25, -0.2) is 9.97 Å². The number of benzene rings is 1. The van der Waals surface area contributed by atoms with Gasteiger partial charge in [0.1, 0.15) is 12.1 Å². The zero-order valence-corrected chi connectivity index (χ0v) is 20.4. The molecule has 0 saturated carbocycles. The van der Waals surface area contributed by atoms with Gasteiger partial charge in [-0.3, -0.25) is 14.8 Å². The number of rotatable bonds is 9. The highest BCUT2D eigenvalue weighted by Gasteiger charge is 2.21. The lowest BCUT2D eigenvalue weighted by Crippen LogP contribution is -2.46. The van der Waals surface area contributed by atoms with Gasteiger partial charge >= 0.3 is 0 Å². The van der Waals surface area contributed by atoms with E-state index in [-0.39, 0.29) is 0 Å². The van der Waals surface area contributed by atoms with Gasteiger partial charge in [0.15, 0.2) is 11.5 Å². The lowest BCUT2D eigenvalue weighted by molar-refractivity contribution is 0.0357. The van der Waals surface area contributed by atoms with Gasteiger partial charge < -0.3 is 19.1 Å². The van der Waals surface area contributed by atoms with Crippen LogP contribution in [0.2, 0.25) is 0 Å². The Hall–Kier alpha value is -3.01. The summed E-state index contributed by atoms with van der Waals surface area (Å²) in [6.07, 6.45) is 6.37. The van der Waals surface area contributed by atoms with Crippen LogP contribution in [0, 0.1) is 0 Å². The molecule has 0 unspecified atom stereocenters. The molecule has 1 aromatic carbocycles. The van der Waals surface area contributed by atoms with E-state index in [1.165, 1.54) is 5.56 Å². The molecule has 2 fully saturated rings. The molecule has 9 heteroatoms. The predicted molar refractivity (Wildman–Crippen MR) is 135 cm³/mol. The Morgan fingerprint density at radius 3 is 2.60 bits per heavy atom. The van der Waals surface area contributed by atoms with Gasteiger partial charge in [0.05, 0.1) is 32.4 Å². The highest BCUT2D eigenvalue weighted by atomic mass is 16.5. The fraction of sp³-hybridized carbons (Fsp3) is 0.500. The summed E-state index contributed by atoms with van der Waals surface area (Å²) in [4.78, 5) is 20.6. The molecule has 2 aromatic heterocycles. The van der Waals surface area contributed by atoms with Gasteiger partial charge in [-0.15, -0.1) is 0 Å². The molecular formula is C26H34N6O3. The molecule has 186 valence electrons. The van der Waals surface area contributed by atoms with Crippen molar-refractivity contribution in [3.63, 3.8) is 0 Å². The molecule has 2 aliphatic rings. The van der Waals surface area contributed by atoms with E-state index in [2.05, 4.69) is 35.7 Å². The highest BCUT2D eigenvalue weighted by Crippen LogP contribution is 2.35. The number of anilines is 1. The maximum atomic E-state index is 6.11. The number of nitrogens with zero attached hydrogens (tertiary/aromatic N) is 6. The Balaban J connectivity index is 1.22. The highest BCUT2D eigenvalue weighted by molar-refractivity contribution is 5.92. The van der Waals surface area contributed by atoms with E-state index in [9.17, 15) is 0 Å². The molecule has 2 aliphatic heterocycles. The van der Waals surface area contributed by atoms with Gasteiger partial charge in [-0.1, -0.05) is 6.07 Å². The maximum Gasteiger partial charge on any atom is 0.163 e. The summed E-state index contributed by atoms with van der Waals surface area (Å²) < 4.78 is 17.2. The van der Waals surface area contributed by atoms with Crippen LogP contribution in [-0.2, 0) is 11.3 Å². The van der Waals surface area contributed by atoms with Gasteiger partial charge in [0.25, 0.3) is 0 Å². The Morgan fingerprint density at radius 1 is 0.971 bits per heavy atom. The van der Waals surface area contributed by atoms with Crippen LogP contribution in [0.25, 0.3) is 10.9 Å². The van der Waals surface area contributed by atoms with E-state index in [4.69, 9.17) is 14.2 Å². The molecule has 0 N–H and O–H groups in total. The van der Waals surface area contributed by atoms with Gasteiger partial charge in [-0.2, -0.15) is 0 Å². The number of aromatic nitrogens is 3. The average Bonchev–Trinajstić information content (AvgIpc) is 2.92. The molecule has 4 heterocycles.